The van der Waals surface area contributed by atoms with E-state index in [1.807, 2.05) is 24.3 Å². The third kappa shape index (κ3) is 5.95. The molecule has 132 valence electrons. The Morgan fingerprint density at radius 2 is 1.40 bits per heavy atom. The zero-order valence-electron chi connectivity index (χ0n) is 15.1. The summed E-state index contributed by atoms with van der Waals surface area (Å²) in [4.78, 5) is 24.0. The SMILES string of the molecule is CCc1ccc(NC(=O)c2ccc(NC(=O)OC(C)(C)C)cc2)cc1. The van der Waals surface area contributed by atoms with Gasteiger partial charge < -0.3 is 10.1 Å². The van der Waals surface area contributed by atoms with Gasteiger partial charge in [-0.3, -0.25) is 10.1 Å². The number of carbonyl (C=O) groups is 2. The van der Waals surface area contributed by atoms with E-state index in [9.17, 15) is 9.59 Å². The van der Waals surface area contributed by atoms with E-state index >= 15 is 0 Å². The Hall–Kier alpha value is -2.82. The fourth-order valence-corrected chi connectivity index (χ4v) is 2.15. The van der Waals surface area contributed by atoms with Crippen molar-refractivity contribution in [2.45, 2.75) is 39.7 Å². The Morgan fingerprint density at radius 3 is 1.92 bits per heavy atom. The molecule has 0 atom stereocenters. The van der Waals surface area contributed by atoms with E-state index in [2.05, 4.69) is 17.6 Å². The van der Waals surface area contributed by atoms with Gasteiger partial charge in [0.1, 0.15) is 5.60 Å². The van der Waals surface area contributed by atoms with Gasteiger partial charge in [0.2, 0.25) is 0 Å². The highest BCUT2D eigenvalue weighted by Gasteiger charge is 2.16. The van der Waals surface area contributed by atoms with E-state index in [0.717, 1.165) is 12.1 Å². The molecule has 0 unspecified atom stereocenters. The summed E-state index contributed by atoms with van der Waals surface area (Å²) in [5.74, 6) is -0.201. The van der Waals surface area contributed by atoms with Crippen LogP contribution in [0.3, 0.4) is 0 Å². The molecule has 2 aromatic carbocycles. The molecule has 2 amide bonds. The number of amides is 2. The summed E-state index contributed by atoms with van der Waals surface area (Å²) in [6.45, 7) is 7.48. The molecule has 0 spiro atoms. The van der Waals surface area contributed by atoms with E-state index in [0.29, 0.717) is 11.3 Å². The summed E-state index contributed by atoms with van der Waals surface area (Å²) in [6.07, 6.45) is 0.432. The van der Waals surface area contributed by atoms with Crippen LogP contribution in [0.15, 0.2) is 48.5 Å². The second-order valence-electron chi connectivity index (χ2n) is 6.71. The molecule has 2 aromatic rings. The molecule has 2 N–H and O–H groups in total. The second-order valence-corrected chi connectivity index (χ2v) is 6.71. The standard InChI is InChI=1S/C20H24N2O3/c1-5-14-6-10-16(11-7-14)21-18(23)15-8-12-17(13-9-15)22-19(24)25-20(2,3)4/h6-13H,5H2,1-4H3,(H,21,23)(H,22,24). The van der Waals surface area contributed by atoms with Gasteiger partial charge in [0.05, 0.1) is 0 Å². The van der Waals surface area contributed by atoms with Crippen molar-refractivity contribution in [1.29, 1.82) is 0 Å². The normalized spacial score (nSPS) is 10.9. The Kier molecular flexibility index (Phi) is 5.80. The molecule has 0 heterocycles. The van der Waals surface area contributed by atoms with Crippen LogP contribution >= 0.6 is 0 Å². The lowest BCUT2D eigenvalue weighted by molar-refractivity contribution is 0.0636. The molecule has 0 aliphatic carbocycles. The van der Waals surface area contributed by atoms with Crippen LogP contribution in [-0.4, -0.2) is 17.6 Å². The van der Waals surface area contributed by atoms with Crippen LogP contribution in [0.4, 0.5) is 16.2 Å². The number of hydrogen-bond acceptors (Lipinski definition) is 3. The van der Waals surface area contributed by atoms with Gasteiger partial charge in [-0.25, -0.2) is 4.79 Å². The van der Waals surface area contributed by atoms with Crippen molar-refractivity contribution in [3.63, 3.8) is 0 Å². The maximum Gasteiger partial charge on any atom is 0.412 e. The lowest BCUT2D eigenvalue weighted by atomic mass is 10.1. The van der Waals surface area contributed by atoms with Gasteiger partial charge in [-0.15, -0.1) is 0 Å². The minimum absolute atomic E-state index is 0.201. The average molecular weight is 340 g/mol. The first kappa shape index (κ1) is 18.5. The van der Waals surface area contributed by atoms with Crippen molar-refractivity contribution in [3.8, 4) is 0 Å². The van der Waals surface area contributed by atoms with Crippen molar-refractivity contribution in [3.05, 3.63) is 59.7 Å². The van der Waals surface area contributed by atoms with Crippen molar-refractivity contribution >= 4 is 23.4 Å². The van der Waals surface area contributed by atoms with Crippen LogP contribution in [-0.2, 0) is 11.2 Å². The number of anilines is 2. The Bertz CT molecular complexity index is 729. The highest BCUT2D eigenvalue weighted by Crippen LogP contribution is 2.15. The first-order valence-corrected chi connectivity index (χ1v) is 8.27. The maximum atomic E-state index is 12.3. The van der Waals surface area contributed by atoms with Crippen LogP contribution in [0.2, 0.25) is 0 Å². The number of aryl methyl sites for hydroxylation is 1. The smallest absolute Gasteiger partial charge is 0.412 e. The van der Waals surface area contributed by atoms with Gasteiger partial charge in [-0.1, -0.05) is 19.1 Å². The van der Waals surface area contributed by atoms with Crippen molar-refractivity contribution < 1.29 is 14.3 Å². The predicted octanol–water partition coefficient (Wildman–Crippen LogP) is 4.85. The molecule has 2 rings (SSSR count). The maximum absolute atomic E-state index is 12.3. The molecule has 5 nitrogen and oxygen atoms in total. The van der Waals surface area contributed by atoms with Gasteiger partial charge in [0.25, 0.3) is 5.91 Å². The van der Waals surface area contributed by atoms with E-state index in [1.165, 1.54) is 5.56 Å². The van der Waals surface area contributed by atoms with Crippen molar-refractivity contribution in [2.75, 3.05) is 10.6 Å². The highest BCUT2D eigenvalue weighted by molar-refractivity contribution is 6.04. The van der Waals surface area contributed by atoms with E-state index in [-0.39, 0.29) is 5.91 Å². The Balaban J connectivity index is 1.96. The van der Waals surface area contributed by atoms with E-state index < -0.39 is 11.7 Å². The largest absolute Gasteiger partial charge is 0.444 e. The fourth-order valence-electron chi connectivity index (χ4n) is 2.15. The molecule has 0 fully saturated rings. The van der Waals surface area contributed by atoms with Crippen LogP contribution in [0, 0.1) is 0 Å². The van der Waals surface area contributed by atoms with Gasteiger partial charge in [-0.2, -0.15) is 0 Å². The van der Waals surface area contributed by atoms with Gasteiger partial charge in [0, 0.05) is 16.9 Å². The van der Waals surface area contributed by atoms with E-state index in [1.54, 1.807) is 45.0 Å². The summed E-state index contributed by atoms with van der Waals surface area (Å²) in [5, 5.41) is 5.48. The Morgan fingerprint density at radius 1 is 0.880 bits per heavy atom. The first-order valence-electron chi connectivity index (χ1n) is 8.27. The average Bonchev–Trinajstić information content (AvgIpc) is 2.54. The molecule has 0 bridgehead atoms. The van der Waals surface area contributed by atoms with Crippen LogP contribution in [0.1, 0.15) is 43.6 Å². The van der Waals surface area contributed by atoms with Crippen molar-refractivity contribution in [2.24, 2.45) is 0 Å². The lowest BCUT2D eigenvalue weighted by Crippen LogP contribution is -2.27. The quantitative estimate of drug-likeness (QED) is 0.836. The fraction of sp³-hybridized carbons (Fsp3) is 0.300. The third-order valence-corrected chi connectivity index (χ3v) is 3.41. The number of nitrogens with one attached hydrogen (secondary N) is 2. The van der Waals surface area contributed by atoms with Gasteiger partial charge in [0.15, 0.2) is 0 Å². The summed E-state index contributed by atoms with van der Waals surface area (Å²) in [5.41, 5.74) is 2.48. The molecule has 0 saturated carbocycles. The lowest BCUT2D eigenvalue weighted by Gasteiger charge is -2.19. The molecule has 0 saturated heterocycles. The number of hydrogen-bond donors (Lipinski definition) is 2. The second kappa shape index (κ2) is 7.83. The van der Waals surface area contributed by atoms with Crippen molar-refractivity contribution in [1.82, 2.24) is 0 Å². The molecule has 25 heavy (non-hydrogen) atoms. The summed E-state index contributed by atoms with van der Waals surface area (Å²) < 4.78 is 5.19. The molecule has 0 aromatic heterocycles. The summed E-state index contributed by atoms with van der Waals surface area (Å²) >= 11 is 0. The zero-order chi connectivity index (χ0) is 18.4. The number of ether oxygens (including phenoxy) is 1. The third-order valence-electron chi connectivity index (χ3n) is 3.41. The topological polar surface area (TPSA) is 67.4 Å². The predicted molar refractivity (Wildman–Crippen MR) is 100 cm³/mol. The molecule has 0 radical (unpaired) electrons. The molecule has 5 heteroatoms. The van der Waals surface area contributed by atoms with Crippen LogP contribution < -0.4 is 10.6 Å². The number of carbonyl (C=O) groups excluding carboxylic acids is 2. The van der Waals surface area contributed by atoms with Gasteiger partial charge >= 0.3 is 6.09 Å². The zero-order valence-corrected chi connectivity index (χ0v) is 15.1. The highest BCUT2D eigenvalue weighted by atomic mass is 16.6. The first-order chi connectivity index (χ1) is 11.8. The molecular formula is C20H24N2O3. The summed E-state index contributed by atoms with van der Waals surface area (Å²) in [6, 6.07) is 14.4. The minimum Gasteiger partial charge on any atom is -0.444 e. The number of rotatable bonds is 4. The minimum atomic E-state index is -0.558. The van der Waals surface area contributed by atoms with Crippen LogP contribution in [0.25, 0.3) is 0 Å². The number of benzene rings is 2. The molecule has 0 aliphatic rings. The monoisotopic (exact) mass is 340 g/mol. The van der Waals surface area contributed by atoms with Gasteiger partial charge in [-0.05, 0) is 69.2 Å². The Labute approximate surface area is 148 Å². The summed E-state index contributed by atoms with van der Waals surface area (Å²) in [7, 11) is 0. The molecular weight excluding hydrogens is 316 g/mol. The van der Waals surface area contributed by atoms with E-state index in [4.69, 9.17) is 4.74 Å². The van der Waals surface area contributed by atoms with Crippen LogP contribution in [0.5, 0.6) is 0 Å². The molecule has 0 aliphatic heterocycles.